The maximum atomic E-state index is 11.4. The van der Waals surface area contributed by atoms with Gasteiger partial charge >= 0.3 is 0 Å². The number of hydrogen-bond donors (Lipinski definition) is 2. The molecule has 2 rings (SSSR count). The number of anilines is 2. The van der Waals surface area contributed by atoms with Crippen LogP contribution >= 0.6 is 0 Å². The third-order valence-corrected chi connectivity index (χ3v) is 5.09. The Bertz CT molecular complexity index is 563. The first kappa shape index (κ1) is 16.0. The largest absolute Gasteiger partial charge is 0.374 e. The summed E-state index contributed by atoms with van der Waals surface area (Å²) in [5, 5.41) is 6.29. The smallest absolute Gasteiger partial charge is 0.158 e. The highest BCUT2D eigenvalue weighted by atomic mass is 32.2. The standard InChI is InChI=1S/C13H22N4O3S/c1-3-20-9-13-16-11(14-2)8-12(17-13)15-10-4-6-21(18,19)7-5-10/h8,10H,3-7,9H2,1-2H3,(H2,14,15,16,17). The fraction of sp³-hybridized carbons (Fsp3) is 0.692. The third kappa shape index (κ3) is 4.82. The monoisotopic (exact) mass is 314 g/mol. The van der Waals surface area contributed by atoms with Crippen molar-refractivity contribution >= 4 is 21.5 Å². The van der Waals surface area contributed by atoms with Gasteiger partial charge in [0.15, 0.2) is 5.82 Å². The molecule has 0 atom stereocenters. The van der Waals surface area contributed by atoms with Crippen molar-refractivity contribution in [1.29, 1.82) is 0 Å². The highest BCUT2D eigenvalue weighted by molar-refractivity contribution is 7.91. The molecule has 1 aromatic heterocycles. The van der Waals surface area contributed by atoms with Gasteiger partial charge in [-0.1, -0.05) is 0 Å². The second kappa shape index (κ2) is 7.04. The van der Waals surface area contributed by atoms with Crippen molar-refractivity contribution in [3.05, 3.63) is 11.9 Å². The molecule has 0 amide bonds. The lowest BCUT2D eigenvalue weighted by Crippen LogP contribution is -2.32. The van der Waals surface area contributed by atoms with E-state index in [1.54, 1.807) is 7.05 Å². The Hall–Kier alpha value is -1.41. The lowest BCUT2D eigenvalue weighted by atomic mass is 10.1. The van der Waals surface area contributed by atoms with Crippen molar-refractivity contribution in [2.75, 3.05) is 35.8 Å². The first-order valence-electron chi connectivity index (χ1n) is 7.13. The second-order valence-corrected chi connectivity index (χ2v) is 7.32. The number of aromatic nitrogens is 2. The fourth-order valence-electron chi connectivity index (χ4n) is 2.20. The van der Waals surface area contributed by atoms with Gasteiger partial charge in [-0.05, 0) is 19.8 Å². The summed E-state index contributed by atoms with van der Waals surface area (Å²) in [5.74, 6) is 2.49. The average molecular weight is 314 g/mol. The van der Waals surface area contributed by atoms with E-state index in [4.69, 9.17) is 4.74 Å². The Morgan fingerprint density at radius 3 is 2.57 bits per heavy atom. The Labute approximate surface area is 125 Å². The fourth-order valence-corrected chi connectivity index (χ4v) is 3.69. The quantitative estimate of drug-likeness (QED) is 0.810. The minimum atomic E-state index is -2.85. The molecule has 0 unspecified atom stereocenters. The number of rotatable bonds is 6. The molecule has 0 aliphatic carbocycles. The molecule has 7 nitrogen and oxygen atoms in total. The van der Waals surface area contributed by atoms with Crippen LogP contribution in [0.1, 0.15) is 25.6 Å². The van der Waals surface area contributed by atoms with Gasteiger partial charge in [0.25, 0.3) is 0 Å². The van der Waals surface area contributed by atoms with Gasteiger partial charge in [0.05, 0.1) is 11.5 Å². The predicted octanol–water partition coefficient (Wildman–Crippen LogP) is 1.04. The van der Waals surface area contributed by atoms with Crippen LogP contribution in [0.3, 0.4) is 0 Å². The molecule has 8 heteroatoms. The van der Waals surface area contributed by atoms with Gasteiger partial charge in [-0.25, -0.2) is 18.4 Å². The Morgan fingerprint density at radius 2 is 1.95 bits per heavy atom. The van der Waals surface area contributed by atoms with Crippen molar-refractivity contribution in [2.24, 2.45) is 0 Å². The summed E-state index contributed by atoms with van der Waals surface area (Å²) in [4.78, 5) is 8.74. The Morgan fingerprint density at radius 1 is 1.29 bits per heavy atom. The van der Waals surface area contributed by atoms with Gasteiger partial charge in [-0.3, -0.25) is 0 Å². The molecular weight excluding hydrogens is 292 g/mol. The van der Waals surface area contributed by atoms with Crippen LogP contribution in [0.25, 0.3) is 0 Å². The molecule has 1 aliphatic heterocycles. The van der Waals surface area contributed by atoms with E-state index in [-0.39, 0.29) is 17.5 Å². The third-order valence-electron chi connectivity index (χ3n) is 3.37. The zero-order valence-corrected chi connectivity index (χ0v) is 13.2. The van der Waals surface area contributed by atoms with Crippen molar-refractivity contribution < 1.29 is 13.2 Å². The van der Waals surface area contributed by atoms with Crippen LogP contribution < -0.4 is 10.6 Å². The van der Waals surface area contributed by atoms with Gasteiger partial charge in [-0.15, -0.1) is 0 Å². The first-order chi connectivity index (χ1) is 10.0. The molecule has 1 aliphatic rings. The van der Waals surface area contributed by atoms with Gasteiger partial charge in [0, 0.05) is 25.8 Å². The zero-order chi connectivity index (χ0) is 15.3. The van der Waals surface area contributed by atoms with E-state index < -0.39 is 9.84 Å². The normalized spacial score (nSPS) is 18.4. The molecule has 0 bridgehead atoms. The highest BCUT2D eigenvalue weighted by Crippen LogP contribution is 2.18. The van der Waals surface area contributed by atoms with Crippen molar-refractivity contribution in [1.82, 2.24) is 9.97 Å². The van der Waals surface area contributed by atoms with Crippen LogP contribution in [-0.2, 0) is 21.2 Å². The van der Waals surface area contributed by atoms with Gasteiger partial charge < -0.3 is 15.4 Å². The number of hydrogen-bond acceptors (Lipinski definition) is 7. The molecule has 0 spiro atoms. The van der Waals surface area contributed by atoms with Crippen molar-refractivity contribution in [3.8, 4) is 0 Å². The highest BCUT2D eigenvalue weighted by Gasteiger charge is 2.23. The summed E-state index contributed by atoms with van der Waals surface area (Å²) >= 11 is 0. The lowest BCUT2D eigenvalue weighted by Gasteiger charge is -2.23. The predicted molar refractivity (Wildman–Crippen MR) is 82.2 cm³/mol. The number of nitrogens with zero attached hydrogens (tertiary/aromatic N) is 2. The summed E-state index contributed by atoms with van der Waals surface area (Å²) in [6.07, 6.45) is 1.23. The topological polar surface area (TPSA) is 93.2 Å². The lowest BCUT2D eigenvalue weighted by molar-refractivity contribution is 0.128. The maximum absolute atomic E-state index is 11.4. The molecule has 1 fully saturated rings. The molecular formula is C13H22N4O3S. The van der Waals surface area contributed by atoms with Crippen LogP contribution in [0, 0.1) is 0 Å². The average Bonchev–Trinajstić information content (AvgIpc) is 2.47. The summed E-state index contributed by atoms with van der Waals surface area (Å²) < 4.78 is 28.2. The molecule has 118 valence electrons. The molecule has 0 saturated carbocycles. The Balaban J connectivity index is 2.05. The molecule has 0 aromatic carbocycles. The van der Waals surface area contributed by atoms with E-state index in [1.165, 1.54) is 0 Å². The molecule has 1 saturated heterocycles. The number of sulfone groups is 1. The second-order valence-electron chi connectivity index (χ2n) is 5.01. The van der Waals surface area contributed by atoms with Crippen LogP contribution in [0.4, 0.5) is 11.6 Å². The SMILES string of the molecule is CCOCc1nc(NC)cc(NC2CCS(=O)(=O)CC2)n1. The van der Waals surface area contributed by atoms with E-state index in [0.29, 0.717) is 43.5 Å². The minimum absolute atomic E-state index is 0.132. The molecule has 0 radical (unpaired) electrons. The minimum Gasteiger partial charge on any atom is -0.374 e. The van der Waals surface area contributed by atoms with E-state index >= 15 is 0 Å². The van der Waals surface area contributed by atoms with Gasteiger partial charge in [0.1, 0.15) is 28.1 Å². The van der Waals surface area contributed by atoms with Crippen LogP contribution in [0.2, 0.25) is 0 Å². The molecule has 2 N–H and O–H groups in total. The van der Waals surface area contributed by atoms with E-state index in [2.05, 4.69) is 20.6 Å². The summed E-state index contributed by atoms with van der Waals surface area (Å²) in [6.45, 7) is 2.89. The first-order valence-corrected chi connectivity index (χ1v) is 8.95. The summed E-state index contributed by atoms with van der Waals surface area (Å²) in [7, 11) is -1.05. The molecule has 2 heterocycles. The van der Waals surface area contributed by atoms with E-state index in [1.807, 2.05) is 13.0 Å². The van der Waals surface area contributed by atoms with Gasteiger partial charge in [-0.2, -0.15) is 0 Å². The molecule has 21 heavy (non-hydrogen) atoms. The van der Waals surface area contributed by atoms with Crippen LogP contribution in [0.15, 0.2) is 6.07 Å². The van der Waals surface area contributed by atoms with Crippen LogP contribution in [-0.4, -0.2) is 49.6 Å². The Kier molecular flexibility index (Phi) is 5.35. The zero-order valence-electron chi connectivity index (χ0n) is 12.4. The van der Waals surface area contributed by atoms with Gasteiger partial charge in [0.2, 0.25) is 0 Å². The number of nitrogens with one attached hydrogen (secondary N) is 2. The molecule has 1 aromatic rings. The maximum Gasteiger partial charge on any atom is 0.158 e. The van der Waals surface area contributed by atoms with E-state index in [9.17, 15) is 8.42 Å². The summed E-state index contributed by atoms with van der Waals surface area (Å²) in [6, 6.07) is 1.95. The summed E-state index contributed by atoms with van der Waals surface area (Å²) in [5.41, 5.74) is 0. The van der Waals surface area contributed by atoms with Crippen LogP contribution in [0.5, 0.6) is 0 Å². The number of ether oxygens (including phenoxy) is 1. The van der Waals surface area contributed by atoms with Crippen molar-refractivity contribution in [2.45, 2.75) is 32.4 Å². The van der Waals surface area contributed by atoms with E-state index in [0.717, 1.165) is 0 Å². The van der Waals surface area contributed by atoms with Crippen molar-refractivity contribution in [3.63, 3.8) is 0 Å².